The minimum Gasteiger partial charge on any atom is -0.465 e. The molecule has 2 aliphatic heterocycles. The summed E-state index contributed by atoms with van der Waals surface area (Å²) in [6, 6.07) is 15.1. The maximum Gasteiger partial charge on any atom is 0.324 e. The normalized spacial score (nSPS) is 26.4. The molecule has 28 heavy (non-hydrogen) atoms. The van der Waals surface area contributed by atoms with Crippen LogP contribution in [0, 0.1) is 11.8 Å². The minimum atomic E-state index is -0.855. The van der Waals surface area contributed by atoms with Gasteiger partial charge in [-0.2, -0.15) is 0 Å². The van der Waals surface area contributed by atoms with Crippen molar-refractivity contribution in [2.45, 2.75) is 19.0 Å². The number of rotatable bonds is 4. The summed E-state index contributed by atoms with van der Waals surface area (Å²) in [4.78, 5) is 40.2. The Bertz CT molecular complexity index is 916. The van der Waals surface area contributed by atoms with Crippen molar-refractivity contribution in [2.75, 3.05) is 11.5 Å². The molecule has 0 aliphatic carbocycles. The van der Waals surface area contributed by atoms with Gasteiger partial charge in [-0.1, -0.05) is 46.3 Å². The molecule has 4 atom stereocenters. The Hall–Kier alpha value is -2.51. The second kappa shape index (κ2) is 7.48. The van der Waals surface area contributed by atoms with E-state index in [4.69, 9.17) is 4.74 Å². The van der Waals surface area contributed by atoms with E-state index in [9.17, 15) is 14.4 Å². The molecule has 2 aliphatic rings. The molecule has 0 radical (unpaired) electrons. The van der Waals surface area contributed by atoms with E-state index in [-0.39, 0.29) is 18.4 Å². The average molecular weight is 443 g/mol. The van der Waals surface area contributed by atoms with Crippen LogP contribution in [0.15, 0.2) is 59.1 Å². The first-order chi connectivity index (χ1) is 13.5. The van der Waals surface area contributed by atoms with Gasteiger partial charge >= 0.3 is 5.97 Å². The standard InChI is InChI=1S/C21H19BrN2O4/c1-2-28-21(27)18-16-15(17(23-18)12-6-4-3-5-7-12)19(25)24(20(16)26)14-10-8-13(22)9-11-14/h3-11,15-18,23H,2H2,1H3/t15-,16+,17-,18-/m1/s1. The van der Waals surface area contributed by atoms with Crippen LogP contribution < -0.4 is 10.2 Å². The van der Waals surface area contributed by atoms with Crippen molar-refractivity contribution in [2.24, 2.45) is 11.8 Å². The highest BCUT2D eigenvalue weighted by molar-refractivity contribution is 9.10. The van der Waals surface area contributed by atoms with Crippen LogP contribution in [0.25, 0.3) is 0 Å². The van der Waals surface area contributed by atoms with Gasteiger partial charge in [-0.05, 0) is 36.8 Å². The lowest BCUT2D eigenvalue weighted by Crippen LogP contribution is -2.44. The molecule has 2 amide bonds. The number of nitrogens with one attached hydrogen (secondary N) is 1. The largest absolute Gasteiger partial charge is 0.465 e. The van der Waals surface area contributed by atoms with Crippen molar-refractivity contribution in [3.05, 3.63) is 64.6 Å². The van der Waals surface area contributed by atoms with Crippen LogP contribution in [0.2, 0.25) is 0 Å². The second-order valence-electron chi connectivity index (χ2n) is 6.82. The molecule has 1 N–H and O–H groups in total. The number of carbonyl (C=O) groups is 3. The fraction of sp³-hybridized carbons (Fsp3) is 0.286. The van der Waals surface area contributed by atoms with Crippen molar-refractivity contribution in [1.29, 1.82) is 0 Å². The molecule has 2 heterocycles. The number of ether oxygens (including phenoxy) is 1. The Kier molecular flexibility index (Phi) is 5.03. The Morgan fingerprint density at radius 1 is 1.04 bits per heavy atom. The Labute approximate surface area is 171 Å². The van der Waals surface area contributed by atoms with E-state index in [0.29, 0.717) is 5.69 Å². The van der Waals surface area contributed by atoms with E-state index < -0.39 is 29.9 Å². The van der Waals surface area contributed by atoms with Gasteiger partial charge in [-0.15, -0.1) is 0 Å². The fourth-order valence-electron chi connectivity index (χ4n) is 4.07. The van der Waals surface area contributed by atoms with E-state index >= 15 is 0 Å². The lowest BCUT2D eigenvalue weighted by Gasteiger charge is -2.22. The highest BCUT2D eigenvalue weighted by Crippen LogP contribution is 2.45. The average Bonchev–Trinajstić information content (AvgIpc) is 3.21. The molecule has 2 saturated heterocycles. The molecule has 0 aromatic heterocycles. The van der Waals surface area contributed by atoms with Crippen molar-refractivity contribution in [1.82, 2.24) is 5.32 Å². The van der Waals surface area contributed by atoms with Crippen LogP contribution >= 0.6 is 15.9 Å². The predicted molar refractivity (Wildman–Crippen MR) is 106 cm³/mol. The monoisotopic (exact) mass is 442 g/mol. The maximum absolute atomic E-state index is 13.3. The Balaban J connectivity index is 1.75. The Morgan fingerprint density at radius 2 is 1.68 bits per heavy atom. The minimum absolute atomic E-state index is 0.211. The second-order valence-corrected chi connectivity index (χ2v) is 7.74. The summed E-state index contributed by atoms with van der Waals surface area (Å²) in [6.45, 7) is 1.93. The van der Waals surface area contributed by atoms with Gasteiger partial charge in [0.25, 0.3) is 0 Å². The van der Waals surface area contributed by atoms with Crippen molar-refractivity contribution in [3.63, 3.8) is 0 Å². The number of hydrogen-bond donors (Lipinski definition) is 1. The van der Waals surface area contributed by atoms with Gasteiger partial charge in [-0.3, -0.25) is 19.7 Å². The first-order valence-corrected chi connectivity index (χ1v) is 9.93. The van der Waals surface area contributed by atoms with Crippen LogP contribution in [0.1, 0.15) is 18.5 Å². The number of carbonyl (C=O) groups excluding carboxylic acids is 3. The zero-order valence-corrected chi connectivity index (χ0v) is 16.8. The van der Waals surface area contributed by atoms with E-state index in [1.54, 1.807) is 31.2 Å². The number of anilines is 1. The van der Waals surface area contributed by atoms with Crippen LogP contribution in [-0.4, -0.2) is 30.4 Å². The van der Waals surface area contributed by atoms with Crippen molar-refractivity contribution in [3.8, 4) is 0 Å². The molecule has 2 fully saturated rings. The number of nitrogens with zero attached hydrogens (tertiary/aromatic N) is 1. The third kappa shape index (κ3) is 3.04. The zero-order valence-electron chi connectivity index (χ0n) is 15.2. The topological polar surface area (TPSA) is 75.7 Å². The van der Waals surface area contributed by atoms with E-state index in [0.717, 1.165) is 10.0 Å². The highest BCUT2D eigenvalue weighted by Gasteiger charge is 2.61. The quantitative estimate of drug-likeness (QED) is 0.581. The van der Waals surface area contributed by atoms with Gasteiger partial charge in [0.15, 0.2) is 0 Å². The summed E-state index contributed by atoms with van der Waals surface area (Å²) < 4.78 is 6.02. The molecule has 7 heteroatoms. The van der Waals surface area contributed by atoms with Crippen LogP contribution in [0.3, 0.4) is 0 Å². The van der Waals surface area contributed by atoms with E-state index in [2.05, 4.69) is 21.2 Å². The molecule has 2 aromatic rings. The number of benzene rings is 2. The van der Waals surface area contributed by atoms with Crippen LogP contribution in [-0.2, 0) is 19.1 Å². The van der Waals surface area contributed by atoms with Crippen molar-refractivity contribution >= 4 is 39.4 Å². The molecule has 6 nitrogen and oxygen atoms in total. The number of amides is 2. The van der Waals surface area contributed by atoms with Crippen LogP contribution in [0.5, 0.6) is 0 Å². The van der Waals surface area contributed by atoms with Gasteiger partial charge in [0.2, 0.25) is 11.8 Å². The third-order valence-corrected chi connectivity index (χ3v) is 5.79. The number of imide groups is 1. The summed E-state index contributed by atoms with van der Waals surface area (Å²) in [7, 11) is 0. The van der Waals surface area contributed by atoms with E-state index in [1.165, 1.54) is 4.90 Å². The molecule has 0 saturated carbocycles. The summed E-state index contributed by atoms with van der Waals surface area (Å²) in [5.74, 6) is -2.63. The van der Waals surface area contributed by atoms with Gasteiger partial charge in [0, 0.05) is 10.5 Å². The van der Waals surface area contributed by atoms with Crippen molar-refractivity contribution < 1.29 is 19.1 Å². The zero-order chi connectivity index (χ0) is 19.8. The Morgan fingerprint density at radius 3 is 2.32 bits per heavy atom. The first-order valence-electron chi connectivity index (χ1n) is 9.14. The molecule has 4 rings (SSSR count). The number of fused-ring (bicyclic) bond motifs is 1. The molecule has 144 valence electrons. The molecular formula is C21H19BrN2O4. The third-order valence-electron chi connectivity index (χ3n) is 5.26. The number of halogens is 1. The maximum atomic E-state index is 13.3. The SMILES string of the molecule is CCOC(=O)[C@@H]1N[C@H](c2ccccc2)[C@@H]2C(=O)N(c3ccc(Br)cc3)C(=O)[C@@H]21. The van der Waals surface area contributed by atoms with Gasteiger partial charge in [-0.25, -0.2) is 4.90 Å². The van der Waals surface area contributed by atoms with Gasteiger partial charge < -0.3 is 4.74 Å². The fourth-order valence-corrected chi connectivity index (χ4v) is 4.33. The number of esters is 1. The number of hydrogen-bond acceptors (Lipinski definition) is 5. The molecule has 2 aromatic carbocycles. The van der Waals surface area contributed by atoms with Gasteiger partial charge in [0.1, 0.15) is 6.04 Å². The first kappa shape index (κ1) is 18.8. The van der Waals surface area contributed by atoms with E-state index in [1.807, 2.05) is 30.3 Å². The lowest BCUT2D eigenvalue weighted by molar-refractivity contribution is -0.148. The molecular weight excluding hydrogens is 424 g/mol. The predicted octanol–water partition coefficient (Wildman–Crippen LogP) is 2.83. The molecule has 0 unspecified atom stereocenters. The summed E-state index contributed by atoms with van der Waals surface area (Å²) in [5, 5.41) is 3.19. The lowest BCUT2D eigenvalue weighted by atomic mass is 9.86. The summed E-state index contributed by atoms with van der Waals surface area (Å²) in [5.41, 5.74) is 1.37. The summed E-state index contributed by atoms with van der Waals surface area (Å²) >= 11 is 3.36. The molecule has 0 bridgehead atoms. The molecule has 0 spiro atoms. The smallest absolute Gasteiger partial charge is 0.324 e. The van der Waals surface area contributed by atoms with Crippen LogP contribution in [0.4, 0.5) is 5.69 Å². The van der Waals surface area contributed by atoms with Gasteiger partial charge in [0.05, 0.1) is 24.1 Å². The highest BCUT2D eigenvalue weighted by atomic mass is 79.9. The summed E-state index contributed by atoms with van der Waals surface area (Å²) in [6.07, 6.45) is 0.